The number of nitrogens with one attached hydrogen (secondary N) is 1. The summed E-state index contributed by atoms with van der Waals surface area (Å²) in [6.07, 6.45) is 11.2. The molecule has 1 fully saturated rings. The third-order valence-electron chi connectivity index (χ3n) is 4.89. The molecule has 0 spiro atoms. The smallest absolute Gasteiger partial charge is 0.223 e. The topological polar surface area (TPSA) is 38.3 Å². The van der Waals surface area contributed by atoms with Crippen LogP contribution in [0.5, 0.6) is 5.75 Å². The van der Waals surface area contributed by atoms with E-state index >= 15 is 0 Å². The Morgan fingerprint density at radius 3 is 2.95 bits per heavy atom. The quantitative estimate of drug-likeness (QED) is 0.815. The van der Waals surface area contributed by atoms with Crippen molar-refractivity contribution in [1.82, 2.24) is 5.32 Å². The highest BCUT2D eigenvalue weighted by atomic mass is 16.5. The molecule has 1 saturated carbocycles. The van der Waals surface area contributed by atoms with Gasteiger partial charge in [-0.15, -0.1) is 0 Å². The third-order valence-corrected chi connectivity index (χ3v) is 4.89. The van der Waals surface area contributed by atoms with Gasteiger partial charge in [-0.25, -0.2) is 0 Å². The number of hydrogen-bond acceptors (Lipinski definition) is 2. The molecule has 0 saturated heterocycles. The first-order valence-electron chi connectivity index (χ1n) is 8.33. The zero-order valence-electron chi connectivity index (χ0n) is 13.3. The molecule has 1 unspecified atom stereocenters. The van der Waals surface area contributed by atoms with E-state index in [0.29, 0.717) is 0 Å². The first kappa shape index (κ1) is 15.1. The van der Waals surface area contributed by atoms with Crippen LogP contribution in [0.15, 0.2) is 36.4 Å². The van der Waals surface area contributed by atoms with E-state index in [4.69, 9.17) is 4.74 Å². The molecule has 0 heterocycles. The molecule has 1 atom stereocenters. The summed E-state index contributed by atoms with van der Waals surface area (Å²) in [6.45, 7) is 0.747. The van der Waals surface area contributed by atoms with Crippen LogP contribution in [0, 0.1) is 5.92 Å². The molecular formula is C19H25NO2. The summed E-state index contributed by atoms with van der Waals surface area (Å²) in [5.41, 5.74) is 1.33. The van der Waals surface area contributed by atoms with E-state index in [-0.39, 0.29) is 17.2 Å². The Balaban J connectivity index is 1.73. The van der Waals surface area contributed by atoms with Crippen LogP contribution in [0.3, 0.4) is 0 Å². The fourth-order valence-corrected chi connectivity index (χ4v) is 3.35. The molecule has 1 aromatic carbocycles. The van der Waals surface area contributed by atoms with Crippen molar-refractivity contribution in [2.75, 3.05) is 13.7 Å². The molecule has 2 aliphatic carbocycles. The molecule has 118 valence electrons. The molecule has 3 heteroatoms. The number of carbonyl (C=O) groups excluding carboxylic acids is 1. The number of methoxy groups -OCH3 is 1. The second-order valence-electron chi connectivity index (χ2n) is 6.50. The molecule has 3 nitrogen and oxygen atoms in total. The Bertz CT molecular complexity index is 562. The Morgan fingerprint density at radius 2 is 2.27 bits per heavy atom. The van der Waals surface area contributed by atoms with E-state index in [2.05, 4.69) is 35.7 Å². The average Bonchev–Trinajstić information content (AvgIpc) is 3.41. The van der Waals surface area contributed by atoms with E-state index in [0.717, 1.165) is 44.4 Å². The SMILES string of the molecule is COc1cccc(C2(CCNC(=O)C3CC3)C=CCCC2)c1. The van der Waals surface area contributed by atoms with Gasteiger partial charge in [-0.3, -0.25) is 4.79 Å². The average molecular weight is 299 g/mol. The minimum absolute atomic E-state index is 0.0314. The summed E-state index contributed by atoms with van der Waals surface area (Å²) < 4.78 is 5.38. The van der Waals surface area contributed by atoms with Gasteiger partial charge in [0.1, 0.15) is 5.75 Å². The lowest BCUT2D eigenvalue weighted by atomic mass is 9.71. The van der Waals surface area contributed by atoms with Crippen molar-refractivity contribution in [2.24, 2.45) is 5.92 Å². The van der Waals surface area contributed by atoms with Crippen LogP contribution in [-0.4, -0.2) is 19.6 Å². The standard InChI is InChI=1S/C19H25NO2/c1-22-17-7-5-6-16(14-17)19(10-3-2-4-11-19)12-13-20-18(21)15-8-9-15/h3,5-7,10,14-15H,2,4,8-9,11-13H2,1H3,(H,20,21). The molecule has 1 aromatic rings. The van der Waals surface area contributed by atoms with Crippen molar-refractivity contribution in [1.29, 1.82) is 0 Å². The number of hydrogen-bond donors (Lipinski definition) is 1. The van der Waals surface area contributed by atoms with Crippen molar-refractivity contribution >= 4 is 5.91 Å². The predicted octanol–water partition coefficient (Wildman–Crippen LogP) is 3.59. The highest BCUT2D eigenvalue weighted by Gasteiger charge is 2.32. The summed E-state index contributed by atoms with van der Waals surface area (Å²) >= 11 is 0. The molecule has 3 rings (SSSR count). The molecule has 0 bridgehead atoms. The summed E-state index contributed by atoms with van der Waals surface area (Å²) in [6, 6.07) is 8.36. The van der Waals surface area contributed by atoms with E-state index in [1.807, 2.05) is 6.07 Å². The normalized spacial score (nSPS) is 24.0. The lowest BCUT2D eigenvalue weighted by Gasteiger charge is -2.34. The number of benzene rings is 1. The van der Waals surface area contributed by atoms with Gasteiger partial charge in [-0.05, 0) is 56.2 Å². The molecule has 2 aliphatic rings. The maximum atomic E-state index is 11.8. The van der Waals surface area contributed by atoms with E-state index < -0.39 is 0 Å². The zero-order valence-corrected chi connectivity index (χ0v) is 13.3. The van der Waals surface area contributed by atoms with Crippen LogP contribution < -0.4 is 10.1 Å². The number of amides is 1. The molecule has 1 N–H and O–H groups in total. The van der Waals surface area contributed by atoms with Crippen LogP contribution in [0.4, 0.5) is 0 Å². The van der Waals surface area contributed by atoms with Gasteiger partial charge in [-0.1, -0.05) is 24.3 Å². The first-order chi connectivity index (χ1) is 10.7. The monoisotopic (exact) mass is 299 g/mol. The van der Waals surface area contributed by atoms with Crippen molar-refractivity contribution in [3.8, 4) is 5.75 Å². The largest absolute Gasteiger partial charge is 0.497 e. The Labute approximate surface area is 132 Å². The molecule has 1 amide bonds. The van der Waals surface area contributed by atoms with Crippen molar-refractivity contribution in [3.05, 3.63) is 42.0 Å². The number of rotatable bonds is 6. The van der Waals surface area contributed by atoms with Gasteiger partial charge in [-0.2, -0.15) is 0 Å². The van der Waals surface area contributed by atoms with Gasteiger partial charge in [0.05, 0.1) is 7.11 Å². The maximum absolute atomic E-state index is 11.8. The van der Waals surface area contributed by atoms with Gasteiger partial charge in [0.25, 0.3) is 0 Å². The van der Waals surface area contributed by atoms with Crippen LogP contribution >= 0.6 is 0 Å². The van der Waals surface area contributed by atoms with Crippen molar-refractivity contribution in [3.63, 3.8) is 0 Å². The predicted molar refractivity (Wildman–Crippen MR) is 88.0 cm³/mol. The summed E-state index contributed by atoms with van der Waals surface area (Å²) in [4.78, 5) is 11.8. The number of ether oxygens (including phenoxy) is 1. The van der Waals surface area contributed by atoms with Gasteiger partial charge >= 0.3 is 0 Å². The summed E-state index contributed by atoms with van der Waals surface area (Å²) in [5, 5.41) is 3.11. The molecular weight excluding hydrogens is 274 g/mol. The first-order valence-corrected chi connectivity index (χ1v) is 8.33. The second-order valence-corrected chi connectivity index (χ2v) is 6.50. The number of allylic oxidation sites excluding steroid dienone is 2. The Kier molecular flexibility index (Phi) is 4.51. The van der Waals surface area contributed by atoms with Gasteiger partial charge in [0.2, 0.25) is 5.91 Å². The van der Waals surface area contributed by atoms with Crippen molar-refractivity contribution < 1.29 is 9.53 Å². The minimum Gasteiger partial charge on any atom is -0.497 e. The highest BCUT2D eigenvalue weighted by Crippen LogP contribution is 2.39. The number of carbonyl (C=O) groups is 1. The summed E-state index contributed by atoms with van der Waals surface area (Å²) in [7, 11) is 1.71. The van der Waals surface area contributed by atoms with Gasteiger partial charge in [0.15, 0.2) is 0 Å². The Hall–Kier alpha value is -1.77. The molecule has 0 aromatic heterocycles. The minimum atomic E-state index is 0.0314. The van der Waals surface area contributed by atoms with Crippen LogP contribution in [0.1, 0.15) is 44.1 Å². The highest BCUT2D eigenvalue weighted by molar-refractivity contribution is 5.80. The van der Waals surface area contributed by atoms with E-state index in [1.165, 1.54) is 12.0 Å². The fourth-order valence-electron chi connectivity index (χ4n) is 3.35. The van der Waals surface area contributed by atoms with Crippen molar-refractivity contribution in [2.45, 2.75) is 43.9 Å². The fraction of sp³-hybridized carbons (Fsp3) is 0.526. The zero-order chi connectivity index (χ0) is 15.4. The molecule has 0 radical (unpaired) electrons. The van der Waals surface area contributed by atoms with Gasteiger partial charge in [0, 0.05) is 17.9 Å². The lowest BCUT2D eigenvalue weighted by molar-refractivity contribution is -0.122. The van der Waals surface area contributed by atoms with E-state index in [1.54, 1.807) is 7.11 Å². The third kappa shape index (κ3) is 3.34. The van der Waals surface area contributed by atoms with Crippen LogP contribution in [0.2, 0.25) is 0 Å². The molecule has 22 heavy (non-hydrogen) atoms. The Morgan fingerprint density at radius 1 is 1.41 bits per heavy atom. The van der Waals surface area contributed by atoms with Crippen LogP contribution in [-0.2, 0) is 10.2 Å². The van der Waals surface area contributed by atoms with Crippen LogP contribution in [0.25, 0.3) is 0 Å². The molecule has 0 aliphatic heterocycles. The summed E-state index contributed by atoms with van der Waals surface area (Å²) in [5.74, 6) is 1.42. The van der Waals surface area contributed by atoms with Gasteiger partial charge < -0.3 is 10.1 Å². The van der Waals surface area contributed by atoms with E-state index in [9.17, 15) is 4.79 Å². The maximum Gasteiger partial charge on any atom is 0.223 e. The second kappa shape index (κ2) is 6.55. The lowest BCUT2D eigenvalue weighted by Crippen LogP contribution is -2.33.